The van der Waals surface area contributed by atoms with Crippen molar-refractivity contribution in [2.24, 2.45) is 5.92 Å². The summed E-state index contributed by atoms with van der Waals surface area (Å²) in [5.74, 6) is 0.927. The van der Waals surface area contributed by atoms with Gasteiger partial charge in [0.05, 0.1) is 6.61 Å². The van der Waals surface area contributed by atoms with E-state index < -0.39 is 0 Å². The molecule has 0 aromatic rings. The Hall–Kier alpha value is -0.120. The quantitative estimate of drug-likeness (QED) is 0.659. The van der Waals surface area contributed by atoms with Crippen LogP contribution in [0.5, 0.6) is 0 Å². The molecular formula is C12H18O3. The molecule has 4 rings (SSSR count). The molecule has 0 N–H and O–H groups in total. The van der Waals surface area contributed by atoms with Gasteiger partial charge in [-0.15, -0.1) is 0 Å². The van der Waals surface area contributed by atoms with Crippen LogP contribution >= 0.6 is 0 Å². The Balaban J connectivity index is 1.45. The molecule has 15 heavy (non-hydrogen) atoms. The second-order valence-corrected chi connectivity index (χ2v) is 5.55. The fourth-order valence-electron chi connectivity index (χ4n) is 4.09. The molecule has 0 aromatic heterocycles. The summed E-state index contributed by atoms with van der Waals surface area (Å²) in [7, 11) is 0. The lowest BCUT2D eigenvalue weighted by Gasteiger charge is -2.14. The minimum Gasteiger partial charge on any atom is -0.379 e. The Labute approximate surface area is 90.1 Å². The van der Waals surface area contributed by atoms with Crippen LogP contribution in [0.1, 0.15) is 32.6 Å². The van der Waals surface area contributed by atoms with Crippen molar-refractivity contribution in [3.05, 3.63) is 0 Å². The molecule has 2 saturated heterocycles. The van der Waals surface area contributed by atoms with Crippen molar-refractivity contribution in [3.63, 3.8) is 0 Å². The molecule has 4 fully saturated rings. The molecular weight excluding hydrogens is 192 g/mol. The fourth-order valence-corrected chi connectivity index (χ4v) is 4.09. The number of rotatable bonds is 4. The molecule has 5 atom stereocenters. The second kappa shape index (κ2) is 2.58. The maximum Gasteiger partial charge on any atom is 0.127 e. The van der Waals surface area contributed by atoms with Gasteiger partial charge in [-0.25, -0.2) is 0 Å². The largest absolute Gasteiger partial charge is 0.379 e. The summed E-state index contributed by atoms with van der Waals surface area (Å²) >= 11 is 0. The number of epoxide rings is 2. The van der Waals surface area contributed by atoms with E-state index in [2.05, 4.69) is 0 Å². The fraction of sp³-hybridized carbons (Fsp3) is 1.00. The van der Waals surface area contributed by atoms with Gasteiger partial charge < -0.3 is 14.2 Å². The maximum absolute atomic E-state index is 6.07. The van der Waals surface area contributed by atoms with E-state index in [1.54, 1.807) is 0 Å². The summed E-state index contributed by atoms with van der Waals surface area (Å²) in [6, 6.07) is 0. The van der Waals surface area contributed by atoms with E-state index in [0.29, 0.717) is 12.2 Å². The van der Waals surface area contributed by atoms with Crippen LogP contribution in [0.3, 0.4) is 0 Å². The van der Waals surface area contributed by atoms with Crippen LogP contribution in [0.4, 0.5) is 0 Å². The van der Waals surface area contributed by atoms with Gasteiger partial charge in [0.25, 0.3) is 0 Å². The smallest absolute Gasteiger partial charge is 0.127 e. The number of ether oxygens (including phenoxy) is 3. The van der Waals surface area contributed by atoms with Crippen LogP contribution in [0.15, 0.2) is 0 Å². The Morgan fingerprint density at radius 3 is 3.00 bits per heavy atom. The molecule has 0 aromatic carbocycles. The third-order valence-electron chi connectivity index (χ3n) is 4.80. The van der Waals surface area contributed by atoms with Gasteiger partial charge >= 0.3 is 0 Å². The first kappa shape index (κ1) is 8.97. The molecule has 3 heteroatoms. The van der Waals surface area contributed by atoms with Crippen molar-refractivity contribution >= 4 is 0 Å². The summed E-state index contributed by atoms with van der Waals surface area (Å²) in [6.45, 7) is 3.57. The van der Waals surface area contributed by atoms with Gasteiger partial charge in [-0.3, -0.25) is 0 Å². The molecule has 2 heterocycles. The van der Waals surface area contributed by atoms with E-state index >= 15 is 0 Å². The first-order valence-corrected chi connectivity index (χ1v) is 6.23. The topological polar surface area (TPSA) is 34.3 Å². The Morgan fingerprint density at radius 1 is 1.40 bits per heavy atom. The van der Waals surface area contributed by atoms with Gasteiger partial charge in [-0.05, 0) is 38.5 Å². The predicted octanol–water partition coefficient (Wildman–Crippen LogP) is 1.50. The molecule has 4 aliphatic rings. The van der Waals surface area contributed by atoms with Crippen molar-refractivity contribution in [1.29, 1.82) is 0 Å². The normalized spacial score (nSPS) is 59.4. The summed E-state index contributed by atoms with van der Waals surface area (Å²) < 4.78 is 17.2. The zero-order valence-electron chi connectivity index (χ0n) is 9.20. The Morgan fingerprint density at radius 2 is 2.33 bits per heavy atom. The molecule has 1 spiro atoms. The molecule has 5 unspecified atom stereocenters. The number of hydrogen-bond donors (Lipinski definition) is 0. The van der Waals surface area contributed by atoms with Crippen molar-refractivity contribution in [3.8, 4) is 0 Å². The zero-order chi connectivity index (χ0) is 10.1. The van der Waals surface area contributed by atoms with Crippen LogP contribution in [0.2, 0.25) is 0 Å². The van der Waals surface area contributed by atoms with Gasteiger partial charge in [0.1, 0.15) is 23.4 Å². The van der Waals surface area contributed by atoms with E-state index in [-0.39, 0.29) is 11.2 Å². The summed E-state index contributed by atoms with van der Waals surface area (Å²) in [4.78, 5) is 0. The number of fused-ring (bicyclic) bond motifs is 1. The van der Waals surface area contributed by atoms with E-state index in [9.17, 15) is 0 Å². The highest BCUT2D eigenvalue weighted by molar-refractivity contribution is 5.31. The first-order chi connectivity index (χ1) is 7.30. The van der Waals surface area contributed by atoms with E-state index in [4.69, 9.17) is 14.2 Å². The molecule has 2 bridgehead atoms. The lowest BCUT2D eigenvalue weighted by Crippen LogP contribution is -2.30. The Bertz CT molecular complexity index is 305. The summed E-state index contributed by atoms with van der Waals surface area (Å²) in [6.07, 6.45) is 5.89. The average Bonchev–Trinajstić information content (AvgIpc) is 3.07. The monoisotopic (exact) mass is 210 g/mol. The highest BCUT2D eigenvalue weighted by Gasteiger charge is 2.83. The molecule has 2 aliphatic heterocycles. The standard InChI is InChI=1S/C12H18O3/c1-2-13-7-9-10(14-9)12-6-8-3-4-11(12,5-8)15-12/h8-10H,2-7H2,1H3. The number of hydrogen-bond acceptors (Lipinski definition) is 3. The zero-order valence-corrected chi connectivity index (χ0v) is 9.20. The minimum absolute atomic E-state index is 0.137. The average molecular weight is 210 g/mol. The van der Waals surface area contributed by atoms with Crippen molar-refractivity contribution < 1.29 is 14.2 Å². The molecule has 2 aliphatic carbocycles. The third kappa shape index (κ3) is 0.973. The molecule has 0 amide bonds. The van der Waals surface area contributed by atoms with Gasteiger partial charge in [0.2, 0.25) is 0 Å². The van der Waals surface area contributed by atoms with Crippen LogP contribution < -0.4 is 0 Å². The predicted molar refractivity (Wildman–Crippen MR) is 53.7 cm³/mol. The van der Waals surface area contributed by atoms with Crippen molar-refractivity contribution in [1.82, 2.24) is 0 Å². The maximum atomic E-state index is 6.07. The summed E-state index contributed by atoms with van der Waals surface area (Å²) in [5.41, 5.74) is 0.390. The van der Waals surface area contributed by atoms with E-state index in [1.807, 2.05) is 6.92 Å². The minimum atomic E-state index is 0.137. The molecule has 0 radical (unpaired) electrons. The second-order valence-electron chi connectivity index (χ2n) is 5.55. The van der Waals surface area contributed by atoms with Gasteiger partial charge in [0.15, 0.2) is 0 Å². The van der Waals surface area contributed by atoms with Crippen LogP contribution in [0, 0.1) is 5.92 Å². The highest BCUT2D eigenvalue weighted by atomic mass is 16.7. The van der Waals surface area contributed by atoms with E-state index in [1.165, 1.54) is 25.7 Å². The van der Waals surface area contributed by atoms with Crippen molar-refractivity contribution in [2.45, 2.75) is 56.0 Å². The lowest BCUT2D eigenvalue weighted by molar-refractivity contribution is 0.128. The SMILES string of the molecule is CCOCC1OC1C12CC3CCC1(C3)O2. The van der Waals surface area contributed by atoms with Gasteiger partial charge in [-0.1, -0.05) is 0 Å². The van der Waals surface area contributed by atoms with Crippen LogP contribution in [-0.2, 0) is 14.2 Å². The summed E-state index contributed by atoms with van der Waals surface area (Å²) in [5, 5.41) is 0. The first-order valence-electron chi connectivity index (χ1n) is 6.23. The lowest BCUT2D eigenvalue weighted by atomic mass is 9.85. The molecule has 3 nitrogen and oxygen atoms in total. The van der Waals surface area contributed by atoms with Crippen molar-refractivity contribution in [2.75, 3.05) is 13.2 Å². The highest BCUT2D eigenvalue weighted by Crippen LogP contribution is 2.73. The van der Waals surface area contributed by atoms with Gasteiger partial charge in [0, 0.05) is 6.61 Å². The van der Waals surface area contributed by atoms with Crippen LogP contribution in [-0.4, -0.2) is 36.6 Å². The Kier molecular flexibility index (Phi) is 1.54. The van der Waals surface area contributed by atoms with Gasteiger partial charge in [-0.2, -0.15) is 0 Å². The molecule has 2 saturated carbocycles. The third-order valence-corrected chi connectivity index (χ3v) is 4.80. The van der Waals surface area contributed by atoms with Crippen LogP contribution in [0.25, 0.3) is 0 Å². The van der Waals surface area contributed by atoms with E-state index in [0.717, 1.165) is 19.1 Å². The molecule has 84 valence electrons.